The van der Waals surface area contributed by atoms with Gasteiger partial charge in [0.1, 0.15) is 5.82 Å². The van der Waals surface area contributed by atoms with Gasteiger partial charge in [0.15, 0.2) is 11.5 Å². The zero-order valence-electron chi connectivity index (χ0n) is 11.1. The summed E-state index contributed by atoms with van der Waals surface area (Å²) in [7, 11) is 0. The highest BCUT2D eigenvalue weighted by Crippen LogP contribution is 2.35. The molecule has 5 heteroatoms. The number of benzene rings is 2. The average Bonchev–Trinajstić information content (AvgIpc) is 3.16. The lowest BCUT2D eigenvalue weighted by molar-refractivity contribution is 0.174. The van der Waals surface area contributed by atoms with Crippen LogP contribution in [-0.2, 0) is 0 Å². The third-order valence-corrected chi connectivity index (χ3v) is 3.24. The Hall–Kier alpha value is -2.95. The molecule has 0 saturated heterocycles. The molecule has 0 aliphatic carbocycles. The lowest BCUT2D eigenvalue weighted by atomic mass is 10.1. The van der Waals surface area contributed by atoms with Gasteiger partial charge < -0.3 is 14.8 Å². The molecule has 0 bridgehead atoms. The third kappa shape index (κ3) is 2.29. The van der Waals surface area contributed by atoms with E-state index in [1.165, 1.54) is 0 Å². The standard InChI is InChI=1S/C16H12N3O2/c1-2-4-12(5-3-1)17-16-9-13(18-19-16)11-6-7-14-15(8-11)21-10-20-14/h2-9H,10H2,(H2,17,18,19). The molecule has 0 unspecified atom stereocenters. The number of hydrogen-bond acceptors (Lipinski definition) is 4. The Labute approximate surface area is 121 Å². The van der Waals surface area contributed by atoms with Gasteiger partial charge in [-0.15, -0.1) is 0 Å². The Kier molecular flexibility index (Phi) is 2.74. The molecule has 1 aliphatic rings. The Bertz CT molecular complexity index is 768. The van der Waals surface area contributed by atoms with Gasteiger partial charge >= 0.3 is 0 Å². The van der Waals surface area contributed by atoms with Crippen LogP contribution in [0, 0.1) is 6.07 Å². The Balaban J connectivity index is 1.59. The molecular weight excluding hydrogens is 266 g/mol. The van der Waals surface area contributed by atoms with E-state index in [9.17, 15) is 0 Å². The van der Waals surface area contributed by atoms with Crippen LogP contribution in [0.5, 0.6) is 11.5 Å². The van der Waals surface area contributed by atoms with E-state index in [0.29, 0.717) is 0 Å². The summed E-state index contributed by atoms with van der Waals surface area (Å²) in [6.07, 6.45) is 0. The molecule has 0 amide bonds. The van der Waals surface area contributed by atoms with Gasteiger partial charge in [0.05, 0.1) is 5.69 Å². The van der Waals surface area contributed by atoms with Gasteiger partial charge in [-0.05, 0) is 36.4 Å². The maximum Gasteiger partial charge on any atom is 0.231 e. The zero-order valence-corrected chi connectivity index (χ0v) is 11.1. The van der Waals surface area contributed by atoms with Crippen molar-refractivity contribution >= 4 is 11.5 Å². The molecule has 3 aromatic rings. The molecule has 5 nitrogen and oxygen atoms in total. The number of aromatic amines is 1. The molecule has 1 aromatic heterocycles. The van der Waals surface area contributed by atoms with Gasteiger partial charge in [-0.2, -0.15) is 5.10 Å². The summed E-state index contributed by atoms with van der Waals surface area (Å²) in [6.45, 7) is 0.275. The van der Waals surface area contributed by atoms with Crippen molar-refractivity contribution in [1.82, 2.24) is 10.2 Å². The van der Waals surface area contributed by atoms with Crippen molar-refractivity contribution in [3.8, 4) is 22.8 Å². The number of ether oxygens (including phenoxy) is 2. The van der Waals surface area contributed by atoms with Crippen LogP contribution in [0.4, 0.5) is 11.5 Å². The molecule has 0 spiro atoms. The number of H-pyrrole nitrogens is 1. The van der Waals surface area contributed by atoms with Crippen LogP contribution in [0.15, 0.2) is 48.5 Å². The molecule has 21 heavy (non-hydrogen) atoms. The molecule has 4 rings (SSSR count). The van der Waals surface area contributed by atoms with E-state index in [-0.39, 0.29) is 6.79 Å². The highest BCUT2D eigenvalue weighted by Gasteiger charge is 2.15. The molecule has 103 valence electrons. The predicted octanol–water partition coefficient (Wildman–Crippen LogP) is 3.35. The molecule has 1 radical (unpaired) electrons. The number of aromatic nitrogens is 2. The second kappa shape index (κ2) is 4.86. The molecule has 0 atom stereocenters. The van der Waals surface area contributed by atoms with E-state index in [1.807, 2.05) is 48.5 Å². The minimum absolute atomic E-state index is 0.275. The Morgan fingerprint density at radius 1 is 1.05 bits per heavy atom. The minimum Gasteiger partial charge on any atom is -0.454 e. The van der Waals surface area contributed by atoms with Crippen LogP contribution in [0.1, 0.15) is 0 Å². The summed E-state index contributed by atoms with van der Waals surface area (Å²) < 4.78 is 10.7. The van der Waals surface area contributed by atoms with Gasteiger partial charge in [0, 0.05) is 17.3 Å². The largest absolute Gasteiger partial charge is 0.454 e. The van der Waals surface area contributed by atoms with Crippen LogP contribution >= 0.6 is 0 Å². The van der Waals surface area contributed by atoms with E-state index in [4.69, 9.17) is 9.47 Å². The van der Waals surface area contributed by atoms with Gasteiger partial charge in [0.2, 0.25) is 6.79 Å². The maximum atomic E-state index is 5.38. The highest BCUT2D eigenvalue weighted by atomic mass is 16.7. The van der Waals surface area contributed by atoms with Crippen molar-refractivity contribution in [2.75, 3.05) is 12.1 Å². The van der Waals surface area contributed by atoms with E-state index in [2.05, 4.69) is 21.6 Å². The van der Waals surface area contributed by atoms with E-state index in [0.717, 1.165) is 34.3 Å². The zero-order chi connectivity index (χ0) is 14.1. The summed E-state index contributed by atoms with van der Waals surface area (Å²) in [6, 6.07) is 18.3. The van der Waals surface area contributed by atoms with Gasteiger partial charge in [0.25, 0.3) is 0 Å². The lowest BCUT2D eigenvalue weighted by Crippen LogP contribution is -1.92. The summed E-state index contributed by atoms with van der Waals surface area (Å²) in [5.41, 5.74) is 2.80. The number of nitrogens with one attached hydrogen (secondary N) is 2. The smallest absolute Gasteiger partial charge is 0.231 e. The summed E-state index contributed by atoms with van der Waals surface area (Å²) >= 11 is 0. The first-order valence-corrected chi connectivity index (χ1v) is 6.57. The number of hydrogen-bond donors (Lipinski definition) is 2. The third-order valence-electron chi connectivity index (χ3n) is 3.24. The van der Waals surface area contributed by atoms with Crippen LogP contribution < -0.4 is 14.8 Å². The minimum atomic E-state index is 0.275. The normalized spacial score (nSPS) is 12.4. The maximum absolute atomic E-state index is 5.38. The van der Waals surface area contributed by atoms with Gasteiger partial charge in [-0.25, -0.2) is 0 Å². The topological polar surface area (TPSA) is 59.2 Å². The van der Waals surface area contributed by atoms with Crippen LogP contribution in [0.25, 0.3) is 11.3 Å². The summed E-state index contributed by atoms with van der Waals surface area (Å²) in [4.78, 5) is 0. The Morgan fingerprint density at radius 3 is 2.81 bits per heavy atom. The Morgan fingerprint density at radius 2 is 1.90 bits per heavy atom. The summed E-state index contributed by atoms with van der Waals surface area (Å²) in [5.74, 6) is 2.35. The molecular formula is C16H12N3O2. The average molecular weight is 278 g/mol. The highest BCUT2D eigenvalue weighted by molar-refractivity contribution is 5.68. The second-order valence-electron chi connectivity index (χ2n) is 4.65. The first-order chi connectivity index (χ1) is 10.4. The molecule has 2 N–H and O–H groups in total. The number of anilines is 2. The van der Waals surface area contributed by atoms with Crippen molar-refractivity contribution in [3.05, 3.63) is 54.6 Å². The predicted molar refractivity (Wildman–Crippen MR) is 78.7 cm³/mol. The first-order valence-electron chi connectivity index (χ1n) is 6.57. The van der Waals surface area contributed by atoms with Crippen molar-refractivity contribution in [1.29, 1.82) is 0 Å². The van der Waals surface area contributed by atoms with Crippen molar-refractivity contribution in [2.24, 2.45) is 0 Å². The number of nitrogens with zero attached hydrogens (tertiary/aromatic N) is 1. The quantitative estimate of drug-likeness (QED) is 0.771. The van der Waals surface area contributed by atoms with E-state index < -0.39 is 0 Å². The monoisotopic (exact) mass is 278 g/mol. The van der Waals surface area contributed by atoms with Gasteiger partial charge in [-0.3, -0.25) is 5.10 Å². The van der Waals surface area contributed by atoms with Crippen LogP contribution in [0.3, 0.4) is 0 Å². The number of fused-ring (bicyclic) bond motifs is 1. The first kappa shape index (κ1) is 11.8. The van der Waals surface area contributed by atoms with E-state index >= 15 is 0 Å². The fraction of sp³-hybridized carbons (Fsp3) is 0.0625. The fourth-order valence-electron chi connectivity index (χ4n) is 2.22. The molecule has 1 aliphatic heterocycles. The molecule has 2 aromatic carbocycles. The van der Waals surface area contributed by atoms with Crippen molar-refractivity contribution in [3.63, 3.8) is 0 Å². The fourth-order valence-corrected chi connectivity index (χ4v) is 2.22. The second-order valence-corrected chi connectivity index (χ2v) is 4.65. The molecule has 0 fully saturated rings. The lowest BCUT2D eigenvalue weighted by Gasteiger charge is -2.01. The summed E-state index contributed by atoms with van der Waals surface area (Å²) in [5, 5.41) is 10.5. The van der Waals surface area contributed by atoms with Gasteiger partial charge in [-0.1, -0.05) is 12.1 Å². The SMILES string of the molecule is [c]1ccc(Nc2cc(-c3ccc4c(c3)OCO4)n[nH]2)cc1. The number of rotatable bonds is 3. The molecule has 0 saturated carbocycles. The van der Waals surface area contributed by atoms with E-state index in [1.54, 1.807) is 0 Å². The molecule has 2 heterocycles. The van der Waals surface area contributed by atoms with Crippen molar-refractivity contribution in [2.45, 2.75) is 0 Å². The van der Waals surface area contributed by atoms with Crippen molar-refractivity contribution < 1.29 is 9.47 Å². The van der Waals surface area contributed by atoms with Crippen LogP contribution in [0.2, 0.25) is 0 Å². The van der Waals surface area contributed by atoms with Crippen LogP contribution in [-0.4, -0.2) is 17.0 Å².